The fraction of sp³-hybridized carbons (Fsp3) is 0.364. The molecule has 1 aliphatic heterocycles. The van der Waals surface area contributed by atoms with Gasteiger partial charge < -0.3 is 31.3 Å². The average molecular weight is 570 g/mol. The molecule has 0 aromatic heterocycles. The van der Waals surface area contributed by atoms with Gasteiger partial charge in [-0.05, 0) is 56.1 Å². The summed E-state index contributed by atoms with van der Waals surface area (Å²) in [6.45, 7) is 7.17. The first-order valence-corrected chi connectivity index (χ1v) is 14.7. The lowest BCUT2D eigenvalue weighted by Crippen LogP contribution is -2.47. The van der Waals surface area contributed by atoms with Crippen LogP contribution >= 0.6 is 0 Å². The lowest BCUT2D eigenvalue weighted by Gasteiger charge is -2.34. The molecule has 0 radical (unpaired) electrons. The van der Waals surface area contributed by atoms with Crippen LogP contribution in [0.1, 0.15) is 50.2 Å². The maximum absolute atomic E-state index is 13.2. The number of hydrogen-bond acceptors (Lipinski definition) is 8. The summed E-state index contributed by atoms with van der Waals surface area (Å²) in [4.78, 5) is 43.3. The molecule has 0 unspecified atom stereocenters. The number of hydrogen-bond donors (Lipinski definition) is 4. The van der Waals surface area contributed by atoms with Gasteiger partial charge in [-0.15, -0.1) is 0 Å². The Morgan fingerprint density at radius 3 is 2.05 bits per heavy atom. The topological polar surface area (TPSA) is 128 Å². The number of fused-ring (bicyclic) bond motifs is 2. The van der Waals surface area contributed by atoms with Gasteiger partial charge in [-0.3, -0.25) is 14.4 Å². The van der Waals surface area contributed by atoms with Crippen LogP contribution in [0, 0.1) is 0 Å². The lowest BCUT2D eigenvalue weighted by atomic mass is 9.83. The Hall–Kier alpha value is -4.05. The number of phenols is 1. The maximum atomic E-state index is 13.2. The molecule has 5 rings (SSSR count). The van der Waals surface area contributed by atoms with Gasteiger partial charge >= 0.3 is 0 Å². The number of carbonyl (C=O) groups excluding carboxylic acids is 3. The first-order valence-electron chi connectivity index (χ1n) is 14.7. The number of rotatable bonds is 12. The zero-order valence-corrected chi connectivity index (χ0v) is 23.9. The third-order valence-corrected chi connectivity index (χ3v) is 8.06. The minimum Gasteiger partial charge on any atom is -0.508 e. The summed E-state index contributed by atoms with van der Waals surface area (Å²) >= 11 is 0. The maximum Gasteiger partial charge on any atom is 0.237 e. The molecule has 1 saturated heterocycles. The first kappa shape index (κ1) is 29.4. The normalized spacial score (nSPS) is 16.0. The molecule has 1 atom stereocenters. The Morgan fingerprint density at radius 2 is 1.38 bits per heavy atom. The van der Waals surface area contributed by atoms with Crippen molar-refractivity contribution in [2.24, 2.45) is 5.73 Å². The van der Waals surface area contributed by atoms with Crippen LogP contribution in [-0.2, 0) is 11.2 Å². The number of amides is 1. The Morgan fingerprint density at radius 1 is 0.786 bits per heavy atom. The summed E-state index contributed by atoms with van der Waals surface area (Å²) in [5.74, 6) is -0.159. The smallest absolute Gasteiger partial charge is 0.237 e. The third-order valence-electron chi connectivity index (χ3n) is 8.06. The zero-order chi connectivity index (χ0) is 29.5. The molecule has 9 heteroatoms. The number of anilines is 1. The van der Waals surface area contributed by atoms with Gasteiger partial charge in [-0.25, -0.2) is 0 Å². The van der Waals surface area contributed by atoms with Crippen LogP contribution in [-0.4, -0.2) is 90.8 Å². The van der Waals surface area contributed by atoms with E-state index in [4.69, 9.17) is 5.73 Å². The number of aromatic hydroxyl groups is 1. The van der Waals surface area contributed by atoms with Gasteiger partial charge in [0.15, 0.2) is 11.6 Å². The molecule has 1 aliphatic carbocycles. The minimum absolute atomic E-state index is 0.0988. The molecule has 0 saturated carbocycles. The number of piperazine rings is 1. The van der Waals surface area contributed by atoms with Crippen molar-refractivity contribution in [1.29, 1.82) is 0 Å². The summed E-state index contributed by atoms with van der Waals surface area (Å²) in [6.07, 6.45) is 2.23. The van der Waals surface area contributed by atoms with E-state index in [0.29, 0.717) is 41.8 Å². The summed E-state index contributed by atoms with van der Waals surface area (Å²) in [5.41, 5.74) is 9.58. The quantitative estimate of drug-likeness (QED) is 0.192. The second-order valence-corrected chi connectivity index (χ2v) is 11.0. The molecule has 0 bridgehead atoms. The van der Waals surface area contributed by atoms with Gasteiger partial charge in [0.25, 0.3) is 0 Å². The fourth-order valence-electron chi connectivity index (χ4n) is 5.68. The highest BCUT2D eigenvalue weighted by Gasteiger charge is 2.31. The molecule has 9 nitrogen and oxygen atoms in total. The van der Waals surface area contributed by atoms with Crippen LogP contribution in [0.15, 0.2) is 66.7 Å². The summed E-state index contributed by atoms with van der Waals surface area (Å²) in [6, 6.07) is 18.6. The summed E-state index contributed by atoms with van der Waals surface area (Å²) < 4.78 is 0. The molecule has 220 valence electrons. The van der Waals surface area contributed by atoms with Crippen molar-refractivity contribution in [2.45, 2.75) is 25.3 Å². The Kier molecular flexibility index (Phi) is 9.63. The molecule has 0 spiro atoms. The van der Waals surface area contributed by atoms with Crippen molar-refractivity contribution in [1.82, 2.24) is 15.1 Å². The number of nitrogens with one attached hydrogen (secondary N) is 2. The van der Waals surface area contributed by atoms with E-state index in [1.165, 1.54) is 0 Å². The molecular formula is C33H39N5O4. The number of nitrogens with two attached hydrogens (primary N) is 1. The molecule has 3 aromatic carbocycles. The second kappa shape index (κ2) is 13.7. The van der Waals surface area contributed by atoms with Crippen molar-refractivity contribution < 1.29 is 19.5 Å². The highest BCUT2D eigenvalue weighted by atomic mass is 16.3. The van der Waals surface area contributed by atoms with Crippen molar-refractivity contribution in [3.63, 3.8) is 0 Å². The van der Waals surface area contributed by atoms with Crippen molar-refractivity contribution in [3.8, 4) is 5.75 Å². The highest BCUT2D eigenvalue weighted by Crippen LogP contribution is 2.31. The molecule has 3 aromatic rings. The van der Waals surface area contributed by atoms with E-state index in [0.717, 1.165) is 63.4 Å². The fourth-order valence-corrected chi connectivity index (χ4v) is 5.68. The van der Waals surface area contributed by atoms with Crippen molar-refractivity contribution >= 4 is 23.2 Å². The molecule has 5 N–H and O–H groups in total. The van der Waals surface area contributed by atoms with Gasteiger partial charge in [-0.2, -0.15) is 0 Å². The van der Waals surface area contributed by atoms with Crippen molar-refractivity contribution in [3.05, 3.63) is 94.5 Å². The molecule has 1 amide bonds. The van der Waals surface area contributed by atoms with E-state index in [-0.39, 0.29) is 23.2 Å². The van der Waals surface area contributed by atoms with Crippen LogP contribution in [0.5, 0.6) is 5.75 Å². The van der Waals surface area contributed by atoms with E-state index >= 15 is 0 Å². The molecule has 2 aliphatic rings. The van der Waals surface area contributed by atoms with Crippen LogP contribution in [0.3, 0.4) is 0 Å². The second-order valence-electron chi connectivity index (χ2n) is 11.0. The number of nitrogens with zero attached hydrogens (tertiary/aromatic N) is 2. The minimum atomic E-state index is -0.611. The van der Waals surface area contributed by atoms with Crippen LogP contribution in [0.2, 0.25) is 0 Å². The van der Waals surface area contributed by atoms with Crippen LogP contribution in [0.25, 0.3) is 0 Å². The average Bonchev–Trinajstić information content (AvgIpc) is 3.01. The number of ketones is 2. The molecule has 42 heavy (non-hydrogen) atoms. The zero-order valence-electron chi connectivity index (χ0n) is 23.9. The van der Waals surface area contributed by atoms with Crippen LogP contribution < -0.4 is 16.4 Å². The Balaban J connectivity index is 0.974. The largest absolute Gasteiger partial charge is 0.508 e. The summed E-state index contributed by atoms with van der Waals surface area (Å²) in [7, 11) is 0. The van der Waals surface area contributed by atoms with Gasteiger partial charge in [0, 0.05) is 61.6 Å². The van der Waals surface area contributed by atoms with Gasteiger partial charge in [-0.1, -0.05) is 48.5 Å². The molecular weight excluding hydrogens is 530 g/mol. The van der Waals surface area contributed by atoms with Gasteiger partial charge in [0.2, 0.25) is 5.91 Å². The number of carbonyl (C=O) groups is 3. The summed E-state index contributed by atoms with van der Waals surface area (Å²) in [5, 5.41) is 15.7. The highest BCUT2D eigenvalue weighted by molar-refractivity contribution is 6.30. The third kappa shape index (κ3) is 7.05. The first-order chi connectivity index (χ1) is 20.4. The Labute approximate surface area is 246 Å². The van der Waals surface area contributed by atoms with E-state index in [1.54, 1.807) is 54.6 Å². The van der Waals surface area contributed by atoms with Crippen LogP contribution in [0.4, 0.5) is 5.69 Å². The Bertz CT molecular complexity index is 1420. The SMILES string of the molecule is N[C@@H](Cc1ccc(O)cc1)C(=O)NCCCN1CCN(CCCNc2cccc3c2C(=O)c2ccccc2C3=O)CC1. The van der Waals surface area contributed by atoms with E-state index in [2.05, 4.69) is 20.4 Å². The standard InChI is InChI=1S/C33H39N5O4/c34-28(22-23-10-12-24(39)13-11-23)33(42)36-15-5-17-38-20-18-37(19-21-38)16-4-14-35-29-9-3-8-27-30(29)32(41)26-7-2-1-6-25(26)31(27)40/h1-3,6-13,28,35,39H,4-5,14-22,34H2,(H,36,42)/t28-/m0/s1. The lowest BCUT2D eigenvalue weighted by molar-refractivity contribution is -0.122. The van der Waals surface area contributed by atoms with Crippen molar-refractivity contribution in [2.75, 3.05) is 57.7 Å². The number of phenolic OH excluding ortho intramolecular Hbond substituents is 1. The van der Waals surface area contributed by atoms with E-state index in [9.17, 15) is 19.5 Å². The van der Waals surface area contributed by atoms with E-state index < -0.39 is 6.04 Å². The predicted octanol–water partition coefficient (Wildman–Crippen LogP) is 2.66. The molecule has 1 fully saturated rings. The van der Waals surface area contributed by atoms with Gasteiger partial charge in [0.1, 0.15) is 5.75 Å². The predicted molar refractivity (Wildman–Crippen MR) is 163 cm³/mol. The monoisotopic (exact) mass is 569 g/mol. The van der Waals surface area contributed by atoms with E-state index in [1.807, 2.05) is 12.1 Å². The van der Waals surface area contributed by atoms with Gasteiger partial charge in [0.05, 0.1) is 11.6 Å². The molecule has 1 heterocycles. The number of benzene rings is 3.